The number of rotatable bonds is 5. The Hall–Kier alpha value is -3.08. The van der Waals surface area contributed by atoms with Gasteiger partial charge in [-0.05, 0) is 72.7 Å². The van der Waals surface area contributed by atoms with Crippen molar-refractivity contribution >= 4 is 11.7 Å². The summed E-state index contributed by atoms with van der Waals surface area (Å²) in [6.07, 6.45) is 6.46. The number of anilines is 1. The summed E-state index contributed by atoms with van der Waals surface area (Å²) in [4.78, 5) is 12.4. The summed E-state index contributed by atoms with van der Waals surface area (Å²) >= 11 is 0. The molecule has 28 heavy (non-hydrogen) atoms. The van der Waals surface area contributed by atoms with Crippen LogP contribution in [0.5, 0.6) is 0 Å². The Bertz CT molecular complexity index is 962. The molecule has 0 fully saturated rings. The van der Waals surface area contributed by atoms with Gasteiger partial charge in [-0.1, -0.05) is 24.3 Å². The highest BCUT2D eigenvalue weighted by Crippen LogP contribution is 2.27. The second kappa shape index (κ2) is 8.30. The molecule has 144 valence electrons. The lowest BCUT2D eigenvalue weighted by Crippen LogP contribution is -2.29. The highest BCUT2D eigenvalue weighted by Gasteiger charge is 2.14. The summed E-state index contributed by atoms with van der Waals surface area (Å²) in [5.74, 6) is -0.238. The van der Waals surface area contributed by atoms with Gasteiger partial charge in [0.2, 0.25) is 0 Å². The van der Waals surface area contributed by atoms with Gasteiger partial charge in [0.1, 0.15) is 5.82 Å². The van der Waals surface area contributed by atoms with Gasteiger partial charge < -0.3 is 15.2 Å². The van der Waals surface area contributed by atoms with Crippen LogP contribution in [0.1, 0.15) is 35.2 Å². The third kappa shape index (κ3) is 4.25. The van der Waals surface area contributed by atoms with E-state index < -0.39 is 0 Å². The minimum absolute atomic E-state index is 0.200. The fourth-order valence-corrected chi connectivity index (χ4v) is 3.79. The summed E-state index contributed by atoms with van der Waals surface area (Å²) in [5.41, 5.74) is 5.53. The first-order chi connectivity index (χ1) is 13.7. The molecule has 4 nitrogen and oxygen atoms in total. The lowest BCUT2D eigenvalue weighted by atomic mass is 9.90. The lowest BCUT2D eigenvalue weighted by molar-refractivity contribution is 0.251. The van der Waals surface area contributed by atoms with E-state index in [9.17, 15) is 9.18 Å². The highest BCUT2D eigenvalue weighted by molar-refractivity contribution is 5.90. The van der Waals surface area contributed by atoms with E-state index in [1.54, 1.807) is 12.1 Å². The second-order valence-electron chi connectivity index (χ2n) is 7.21. The molecule has 2 N–H and O–H groups in total. The number of carbonyl (C=O) groups is 1. The van der Waals surface area contributed by atoms with Gasteiger partial charge in [-0.15, -0.1) is 0 Å². The van der Waals surface area contributed by atoms with Crippen LogP contribution in [-0.2, 0) is 25.9 Å². The monoisotopic (exact) mass is 377 g/mol. The molecule has 2 aromatic carbocycles. The third-order valence-electron chi connectivity index (χ3n) is 5.26. The molecule has 2 amide bonds. The highest BCUT2D eigenvalue weighted by atomic mass is 19.1. The number of hydrogen-bond acceptors (Lipinski definition) is 1. The van der Waals surface area contributed by atoms with E-state index in [0.29, 0.717) is 13.1 Å². The van der Waals surface area contributed by atoms with Crippen LogP contribution in [0.4, 0.5) is 14.9 Å². The molecule has 0 unspecified atom stereocenters. The van der Waals surface area contributed by atoms with Crippen LogP contribution in [0.3, 0.4) is 0 Å². The molecule has 5 heteroatoms. The molecule has 0 aliphatic heterocycles. The molecule has 0 bridgehead atoms. The fourth-order valence-electron chi connectivity index (χ4n) is 3.79. The van der Waals surface area contributed by atoms with Crippen molar-refractivity contribution < 1.29 is 9.18 Å². The molecule has 1 heterocycles. The van der Waals surface area contributed by atoms with E-state index in [-0.39, 0.29) is 11.8 Å². The van der Waals surface area contributed by atoms with Crippen molar-refractivity contribution in [2.24, 2.45) is 0 Å². The van der Waals surface area contributed by atoms with E-state index in [1.165, 1.54) is 36.1 Å². The van der Waals surface area contributed by atoms with Crippen LogP contribution in [0.2, 0.25) is 0 Å². The SMILES string of the molecule is O=C(NCc1cccn1Cc1ccc(F)cc1)Nc1cccc2c1CCCC2. The molecule has 0 radical (unpaired) electrons. The van der Waals surface area contributed by atoms with E-state index >= 15 is 0 Å². The number of amides is 2. The van der Waals surface area contributed by atoms with Crippen LogP contribution in [0.15, 0.2) is 60.8 Å². The van der Waals surface area contributed by atoms with Crippen molar-refractivity contribution in [1.29, 1.82) is 0 Å². The van der Waals surface area contributed by atoms with Crippen molar-refractivity contribution in [1.82, 2.24) is 9.88 Å². The van der Waals surface area contributed by atoms with Crippen molar-refractivity contribution in [3.05, 3.63) is 89.0 Å². The Morgan fingerprint density at radius 3 is 2.68 bits per heavy atom. The summed E-state index contributed by atoms with van der Waals surface area (Å²) in [6.45, 7) is 1.06. The number of aryl methyl sites for hydroxylation is 1. The van der Waals surface area contributed by atoms with Crippen LogP contribution in [0.25, 0.3) is 0 Å². The predicted octanol–water partition coefficient (Wildman–Crippen LogP) is 4.88. The molecule has 0 saturated carbocycles. The quantitative estimate of drug-likeness (QED) is 0.654. The molecule has 4 rings (SSSR count). The number of nitrogens with zero attached hydrogens (tertiary/aromatic N) is 1. The average Bonchev–Trinajstić information content (AvgIpc) is 3.15. The van der Waals surface area contributed by atoms with Gasteiger partial charge in [0.05, 0.1) is 6.54 Å². The molecular formula is C23H24FN3O. The predicted molar refractivity (Wildman–Crippen MR) is 109 cm³/mol. The molecule has 0 saturated heterocycles. The molecular weight excluding hydrogens is 353 g/mol. The molecule has 1 aliphatic carbocycles. The zero-order valence-corrected chi connectivity index (χ0v) is 15.7. The van der Waals surface area contributed by atoms with Gasteiger partial charge in [0, 0.05) is 24.1 Å². The Morgan fingerprint density at radius 1 is 1.00 bits per heavy atom. The molecule has 3 aromatic rings. The first kappa shape index (κ1) is 18.3. The maximum Gasteiger partial charge on any atom is 0.319 e. The summed E-state index contributed by atoms with van der Waals surface area (Å²) < 4.78 is 15.1. The largest absolute Gasteiger partial charge is 0.345 e. The number of fused-ring (bicyclic) bond motifs is 1. The van der Waals surface area contributed by atoms with Gasteiger partial charge in [-0.25, -0.2) is 9.18 Å². The summed E-state index contributed by atoms with van der Waals surface area (Å²) in [5, 5.41) is 5.95. The average molecular weight is 377 g/mol. The molecule has 0 atom stereocenters. The molecule has 1 aromatic heterocycles. The van der Waals surface area contributed by atoms with Crippen molar-refractivity contribution in [2.45, 2.75) is 38.8 Å². The van der Waals surface area contributed by atoms with Crippen molar-refractivity contribution in [3.8, 4) is 0 Å². The maximum absolute atomic E-state index is 13.1. The third-order valence-corrected chi connectivity index (χ3v) is 5.26. The first-order valence-electron chi connectivity index (χ1n) is 9.73. The summed E-state index contributed by atoms with van der Waals surface area (Å²) in [7, 11) is 0. The summed E-state index contributed by atoms with van der Waals surface area (Å²) in [6, 6.07) is 16.3. The minimum atomic E-state index is -0.238. The van der Waals surface area contributed by atoms with Gasteiger partial charge in [0.15, 0.2) is 0 Å². The van der Waals surface area contributed by atoms with Gasteiger partial charge in [-0.3, -0.25) is 0 Å². The topological polar surface area (TPSA) is 46.1 Å². The maximum atomic E-state index is 13.1. The standard InChI is InChI=1S/C23H24FN3O/c24-19-12-10-17(11-13-19)16-27-14-4-7-20(27)15-25-23(28)26-22-9-3-6-18-5-1-2-8-21(18)22/h3-4,6-7,9-14H,1-2,5,8,15-16H2,(H2,25,26,28). The van der Waals surface area contributed by atoms with E-state index in [4.69, 9.17) is 0 Å². The number of halogens is 1. The smallest absolute Gasteiger partial charge is 0.319 e. The van der Waals surface area contributed by atoms with Crippen LogP contribution in [-0.4, -0.2) is 10.6 Å². The second-order valence-corrected chi connectivity index (χ2v) is 7.21. The van der Waals surface area contributed by atoms with Crippen LogP contribution < -0.4 is 10.6 Å². The van der Waals surface area contributed by atoms with E-state index in [1.807, 2.05) is 30.5 Å². The van der Waals surface area contributed by atoms with Crippen molar-refractivity contribution in [3.63, 3.8) is 0 Å². The number of hydrogen-bond donors (Lipinski definition) is 2. The van der Waals surface area contributed by atoms with Gasteiger partial charge in [0.25, 0.3) is 0 Å². The Balaban J connectivity index is 1.37. The lowest BCUT2D eigenvalue weighted by Gasteiger charge is -2.19. The van der Waals surface area contributed by atoms with Crippen molar-refractivity contribution in [2.75, 3.05) is 5.32 Å². The molecule has 1 aliphatic rings. The number of benzene rings is 2. The zero-order valence-electron chi connectivity index (χ0n) is 15.7. The number of carbonyl (C=O) groups excluding carboxylic acids is 1. The van der Waals surface area contributed by atoms with Crippen LogP contribution >= 0.6 is 0 Å². The molecule has 0 spiro atoms. The Labute approximate surface area is 164 Å². The Kier molecular flexibility index (Phi) is 5.42. The van der Waals surface area contributed by atoms with Crippen LogP contribution in [0, 0.1) is 5.82 Å². The van der Waals surface area contributed by atoms with Gasteiger partial charge >= 0.3 is 6.03 Å². The normalized spacial score (nSPS) is 13.0. The minimum Gasteiger partial charge on any atom is -0.345 e. The Morgan fingerprint density at radius 2 is 1.82 bits per heavy atom. The van der Waals surface area contributed by atoms with E-state index in [2.05, 4.69) is 21.3 Å². The number of urea groups is 1. The van der Waals surface area contributed by atoms with Gasteiger partial charge in [-0.2, -0.15) is 0 Å². The van der Waals surface area contributed by atoms with E-state index in [0.717, 1.165) is 29.8 Å². The first-order valence-corrected chi connectivity index (χ1v) is 9.73. The zero-order chi connectivity index (χ0) is 19.3. The number of aromatic nitrogens is 1. The fraction of sp³-hybridized carbons (Fsp3) is 0.261. The number of nitrogens with one attached hydrogen (secondary N) is 2.